The molecule has 110 valence electrons. The van der Waals surface area contributed by atoms with Crippen LogP contribution in [-0.4, -0.2) is 55.2 Å². The van der Waals surface area contributed by atoms with Crippen LogP contribution < -0.4 is 0 Å². The Balaban J connectivity index is 2.09. The fraction of sp³-hybridized carbons (Fsp3) is 0.308. The number of amides is 1. The van der Waals surface area contributed by atoms with Gasteiger partial charge in [-0.3, -0.25) is 9.59 Å². The molecule has 0 unspecified atom stereocenters. The van der Waals surface area contributed by atoms with Gasteiger partial charge in [-0.25, -0.2) is 4.68 Å². The maximum absolute atomic E-state index is 12.3. The Bertz CT molecular complexity index is 609. The maximum Gasteiger partial charge on any atom is 0.305 e. The van der Waals surface area contributed by atoms with E-state index in [-0.39, 0.29) is 18.9 Å². The van der Waals surface area contributed by atoms with Crippen molar-refractivity contribution in [3.63, 3.8) is 0 Å². The summed E-state index contributed by atoms with van der Waals surface area (Å²) in [5, 5.41) is 19.5. The van der Waals surface area contributed by atoms with Gasteiger partial charge in [0, 0.05) is 18.7 Å². The number of carboxylic acid groups (broad SMARTS) is 1. The molecule has 0 aliphatic carbocycles. The van der Waals surface area contributed by atoms with Crippen LogP contribution in [-0.2, 0) is 4.79 Å². The van der Waals surface area contributed by atoms with E-state index in [1.807, 2.05) is 6.92 Å². The van der Waals surface area contributed by atoms with Gasteiger partial charge in [-0.2, -0.15) is 0 Å². The van der Waals surface area contributed by atoms with Crippen LogP contribution in [0.3, 0.4) is 0 Å². The molecule has 2 aromatic rings. The molecular weight excluding hydrogens is 274 g/mol. The summed E-state index contributed by atoms with van der Waals surface area (Å²) >= 11 is 0. The van der Waals surface area contributed by atoms with E-state index < -0.39 is 5.97 Å². The molecule has 1 amide bonds. The lowest BCUT2D eigenvalue weighted by molar-refractivity contribution is -0.137. The SMILES string of the molecule is CCN(CCC(=O)O)C(=O)c1ccc(-n2cnnn2)cc1. The molecule has 1 aromatic carbocycles. The van der Waals surface area contributed by atoms with Crippen LogP contribution in [0.2, 0.25) is 0 Å². The minimum atomic E-state index is -0.921. The highest BCUT2D eigenvalue weighted by Crippen LogP contribution is 2.10. The Hall–Kier alpha value is -2.77. The Morgan fingerprint density at radius 2 is 2.00 bits per heavy atom. The number of hydrogen-bond donors (Lipinski definition) is 1. The first kappa shape index (κ1) is 14.6. The number of nitrogens with zero attached hydrogens (tertiary/aromatic N) is 5. The summed E-state index contributed by atoms with van der Waals surface area (Å²) in [5.41, 5.74) is 1.24. The van der Waals surface area contributed by atoms with Crippen molar-refractivity contribution in [1.82, 2.24) is 25.1 Å². The largest absolute Gasteiger partial charge is 0.481 e. The lowest BCUT2D eigenvalue weighted by atomic mass is 10.1. The summed E-state index contributed by atoms with van der Waals surface area (Å²) in [4.78, 5) is 24.4. The van der Waals surface area contributed by atoms with Gasteiger partial charge in [-0.05, 0) is 41.6 Å². The van der Waals surface area contributed by atoms with E-state index in [4.69, 9.17) is 5.11 Å². The summed E-state index contributed by atoms with van der Waals surface area (Å²) in [6.07, 6.45) is 1.39. The van der Waals surface area contributed by atoms with Crippen LogP contribution in [0.25, 0.3) is 5.69 Å². The van der Waals surface area contributed by atoms with Crippen molar-refractivity contribution in [3.05, 3.63) is 36.2 Å². The van der Waals surface area contributed by atoms with Crippen molar-refractivity contribution in [2.45, 2.75) is 13.3 Å². The fourth-order valence-corrected chi connectivity index (χ4v) is 1.85. The van der Waals surface area contributed by atoms with Gasteiger partial charge in [0.05, 0.1) is 12.1 Å². The zero-order valence-electron chi connectivity index (χ0n) is 11.5. The first-order valence-corrected chi connectivity index (χ1v) is 6.46. The third kappa shape index (κ3) is 3.62. The quantitative estimate of drug-likeness (QED) is 0.835. The summed E-state index contributed by atoms with van der Waals surface area (Å²) in [5.74, 6) is -1.11. The third-order valence-corrected chi connectivity index (χ3v) is 2.99. The van der Waals surface area contributed by atoms with Crippen LogP contribution in [0.1, 0.15) is 23.7 Å². The molecule has 0 saturated carbocycles. The average Bonchev–Trinajstić information content (AvgIpc) is 3.02. The van der Waals surface area contributed by atoms with Gasteiger partial charge in [0.2, 0.25) is 0 Å². The van der Waals surface area contributed by atoms with Gasteiger partial charge in [0.25, 0.3) is 5.91 Å². The van der Waals surface area contributed by atoms with Gasteiger partial charge < -0.3 is 10.0 Å². The predicted octanol–water partition coefficient (Wildman–Crippen LogP) is 0.599. The minimum Gasteiger partial charge on any atom is -0.481 e. The van der Waals surface area contributed by atoms with Gasteiger partial charge in [0.1, 0.15) is 6.33 Å². The highest BCUT2D eigenvalue weighted by Gasteiger charge is 2.15. The van der Waals surface area contributed by atoms with Gasteiger partial charge in [-0.1, -0.05) is 0 Å². The Morgan fingerprint density at radius 3 is 2.52 bits per heavy atom. The highest BCUT2D eigenvalue weighted by atomic mass is 16.4. The number of benzene rings is 1. The standard InChI is InChI=1S/C13H15N5O3/c1-2-17(8-7-12(19)20)13(21)10-3-5-11(6-4-10)18-9-14-15-16-18/h3-6,9H,2,7-8H2,1H3,(H,19,20). The topological polar surface area (TPSA) is 101 Å². The molecule has 0 saturated heterocycles. The molecule has 0 bridgehead atoms. The first-order valence-electron chi connectivity index (χ1n) is 6.46. The molecule has 1 heterocycles. The number of aromatic nitrogens is 4. The highest BCUT2D eigenvalue weighted by molar-refractivity contribution is 5.94. The molecule has 1 N–H and O–H groups in total. The smallest absolute Gasteiger partial charge is 0.305 e. The van der Waals surface area contributed by atoms with Crippen molar-refractivity contribution >= 4 is 11.9 Å². The number of carboxylic acids is 1. The van der Waals surface area contributed by atoms with E-state index >= 15 is 0 Å². The summed E-state index contributed by atoms with van der Waals surface area (Å²) in [7, 11) is 0. The van der Waals surface area contributed by atoms with Gasteiger partial charge in [0.15, 0.2) is 0 Å². The van der Waals surface area contributed by atoms with Gasteiger partial charge >= 0.3 is 5.97 Å². The average molecular weight is 289 g/mol. The molecule has 0 fully saturated rings. The van der Waals surface area contributed by atoms with Crippen LogP contribution in [0, 0.1) is 0 Å². The van der Waals surface area contributed by atoms with Crippen LogP contribution >= 0.6 is 0 Å². The molecule has 0 atom stereocenters. The zero-order chi connectivity index (χ0) is 15.2. The second-order valence-corrected chi connectivity index (χ2v) is 4.33. The van der Waals surface area contributed by atoms with E-state index in [2.05, 4.69) is 15.5 Å². The first-order chi connectivity index (χ1) is 10.1. The van der Waals surface area contributed by atoms with Crippen molar-refractivity contribution in [2.75, 3.05) is 13.1 Å². The van der Waals surface area contributed by atoms with Crippen LogP contribution in [0.5, 0.6) is 0 Å². The van der Waals surface area contributed by atoms with Crippen LogP contribution in [0.4, 0.5) is 0 Å². The molecule has 21 heavy (non-hydrogen) atoms. The zero-order valence-corrected chi connectivity index (χ0v) is 11.5. The summed E-state index contributed by atoms with van der Waals surface area (Å²) < 4.78 is 1.48. The summed E-state index contributed by atoms with van der Waals surface area (Å²) in [6, 6.07) is 6.80. The Kier molecular flexibility index (Phi) is 4.60. The molecule has 0 aliphatic heterocycles. The number of tetrazole rings is 1. The number of carbonyl (C=O) groups is 2. The Morgan fingerprint density at radius 1 is 1.29 bits per heavy atom. The second kappa shape index (κ2) is 6.60. The van der Waals surface area contributed by atoms with Gasteiger partial charge in [-0.15, -0.1) is 5.10 Å². The van der Waals surface area contributed by atoms with E-state index in [1.54, 1.807) is 24.3 Å². The summed E-state index contributed by atoms with van der Waals surface area (Å²) in [6.45, 7) is 2.47. The lowest BCUT2D eigenvalue weighted by Gasteiger charge is -2.20. The normalized spacial score (nSPS) is 10.3. The minimum absolute atomic E-state index is 0.0672. The number of hydrogen-bond acceptors (Lipinski definition) is 5. The molecule has 8 nitrogen and oxygen atoms in total. The molecule has 0 aliphatic rings. The molecule has 2 rings (SSSR count). The monoisotopic (exact) mass is 289 g/mol. The molecule has 1 aromatic heterocycles. The molecule has 8 heteroatoms. The van der Waals surface area contributed by atoms with Crippen molar-refractivity contribution in [3.8, 4) is 5.69 Å². The number of carbonyl (C=O) groups excluding carboxylic acids is 1. The van der Waals surface area contributed by atoms with E-state index in [1.165, 1.54) is 15.9 Å². The van der Waals surface area contributed by atoms with E-state index in [0.717, 1.165) is 5.69 Å². The van der Waals surface area contributed by atoms with E-state index in [9.17, 15) is 9.59 Å². The lowest BCUT2D eigenvalue weighted by Crippen LogP contribution is -2.32. The number of aliphatic carboxylic acids is 1. The van der Waals surface area contributed by atoms with Crippen molar-refractivity contribution in [1.29, 1.82) is 0 Å². The molecular formula is C13H15N5O3. The Labute approximate surface area is 121 Å². The fourth-order valence-electron chi connectivity index (χ4n) is 1.85. The maximum atomic E-state index is 12.3. The van der Waals surface area contributed by atoms with Crippen molar-refractivity contribution in [2.24, 2.45) is 0 Å². The number of rotatable bonds is 6. The van der Waals surface area contributed by atoms with E-state index in [0.29, 0.717) is 12.1 Å². The molecule has 0 spiro atoms. The third-order valence-electron chi connectivity index (χ3n) is 2.99. The van der Waals surface area contributed by atoms with Crippen molar-refractivity contribution < 1.29 is 14.7 Å². The van der Waals surface area contributed by atoms with Crippen LogP contribution in [0.15, 0.2) is 30.6 Å². The predicted molar refractivity (Wildman–Crippen MR) is 73.0 cm³/mol. The molecule has 0 radical (unpaired) electrons. The second-order valence-electron chi connectivity index (χ2n) is 4.33.